The Bertz CT molecular complexity index is 2070. The summed E-state index contributed by atoms with van der Waals surface area (Å²) >= 11 is 0. The second kappa shape index (κ2) is 10.7. The van der Waals surface area contributed by atoms with E-state index in [2.05, 4.69) is 146 Å². The minimum Gasteiger partial charge on any atom is -0.315 e. The minimum absolute atomic E-state index is 1.15. The van der Waals surface area contributed by atoms with E-state index < -0.39 is 0 Å². The SMILES string of the molecule is CC=Cc1cc(C=CC)n(-c2c3ccccc3c(-n3cc(C=CC)c4ccccc43)c3cc4c(cc23)CCCC4)c1C. The molecule has 208 valence electrons. The van der Waals surface area contributed by atoms with Crippen LogP contribution in [0.15, 0.2) is 91.2 Å². The molecule has 1 aliphatic rings. The largest absolute Gasteiger partial charge is 0.315 e. The first-order chi connectivity index (χ1) is 20.6. The van der Waals surface area contributed by atoms with Crippen molar-refractivity contribution in [1.82, 2.24) is 9.13 Å². The van der Waals surface area contributed by atoms with Gasteiger partial charge in [0.25, 0.3) is 0 Å². The number of hydrogen-bond donors (Lipinski definition) is 0. The highest BCUT2D eigenvalue weighted by Crippen LogP contribution is 2.43. The van der Waals surface area contributed by atoms with Gasteiger partial charge in [0, 0.05) is 50.1 Å². The van der Waals surface area contributed by atoms with E-state index in [1.54, 1.807) is 0 Å². The number of fused-ring (bicyclic) bond motifs is 4. The lowest BCUT2D eigenvalue weighted by molar-refractivity contribution is 0.687. The summed E-state index contributed by atoms with van der Waals surface area (Å²) in [6.07, 6.45) is 20.3. The fraction of sp³-hybridized carbons (Fsp3) is 0.200. The van der Waals surface area contributed by atoms with E-state index in [1.807, 2.05) is 0 Å². The number of aryl methyl sites for hydroxylation is 2. The lowest BCUT2D eigenvalue weighted by Crippen LogP contribution is -2.08. The zero-order valence-corrected chi connectivity index (χ0v) is 25.1. The first kappa shape index (κ1) is 26.3. The molecule has 0 atom stereocenters. The number of hydrogen-bond acceptors (Lipinski definition) is 0. The van der Waals surface area contributed by atoms with Gasteiger partial charge in [0.05, 0.1) is 16.9 Å². The van der Waals surface area contributed by atoms with Gasteiger partial charge in [-0.15, -0.1) is 0 Å². The molecule has 2 nitrogen and oxygen atoms in total. The van der Waals surface area contributed by atoms with E-state index in [9.17, 15) is 0 Å². The van der Waals surface area contributed by atoms with Gasteiger partial charge in [-0.3, -0.25) is 0 Å². The Morgan fingerprint density at radius 1 is 0.595 bits per heavy atom. The van der Waals surface area contributed by atoms with Gasteiger partial charge in [0.1, 0.15) is 0 Å². The topological polar surface area (TPSA) is 9.86 Å². The van der Waals surface area contributed by atoms with Crippen LogP contribution < -0.4 is 0 Å². The normalized spacial score (nSPS) is 14.0. The van der Waals surface area contributed by atoms with Crippen LogP contribution in [0.1, 0.15) is 67.3 Å². The highest BCUT2D eigenvalue weighted by Gasteiger charge is 2.23. The molecule has 0 aliphatic heterocycles. The second-order valence-electron chi connectivity index (χ2n) is 11.5. The zero-order valence-electron chi connectivity index (χ0n) is 25.1. The Labute approximate surface area is 248 Å². The van der Waals surface area contributed by atoms with Crippen LogP contribution in [0, 0.1) is 6.92 Å². The van der Waals surface area contributed by atoms with Gasteiger partial charge in [-0.2, -0.15) is 0 Å². The van der Waals surface area contributed by atoms with E-state index in [-0.39, 0.29) is 0 Å². The molecule has 2 aromatic heterocycles. The molecule has 0 saturated carbocycles. The second-order valence-corrected chi connectivity index (χ2v) is 11.5. The van der Waals surface area contributed by atoms with E-state index in [1.165, 1.54) is 90.3 Å². The third-order valence-electron chi connectivity index (χ3n) is 8.98. The molecule has 4 aromatic carbocycles. The number of para-hydroxylation sites is 1. The van der Waals surface area contributed by atoms with Crippen LogP contribution in [0.2, 0.25) is 0 Å². The summed E-state index contributed by atoms with van der Waals surface area (Å²) in [5.74, 6) is 0. The van der Waals surface area contributed by atoms with Crippen LogP contribution in [0.3, 0.4) is 0 Å². The average molecular weight is 547 g/mol. The van der Waals surface area contributed by atoms with Crippen LogP contribution in [-0.4, -0.2) is 9.13 Å². The molecule has 0 N–H and O–H groups in total. The van der Waals surface area contributed by atoms with Gasteiger partial charge in [-0.25, -0.2) is 0 Å². The van der Waals surface area contributed by atoms with Crippen molar-refractivity contribution in [1.29, 1.82) is 0 Å². The van der Waals surface area contributed by atoms with Crippen molar-refractivity contribution in [2.75, 3.05) is 0 Å². The summed E-state index contributed by atoms with van der Waals surface area (Å²) < 4.78 is 4.95. The molecule has 0 amide bonds. The molecule has 0 bridgehead atoms. The Morgan fingerprint density at radius 3 is 1.83 bits per heavy atom. The molecule has 2 heteroatoms. The third kappa shape index (κ3) is 4.09. The van der Waals surface area contributed by atoms with E-state index in [4.69, 9.17) is 0 Å². The van der Waals surface area contributed by atoms with Crippen molar-refractivity contribution < 1.29 is 0 Å². The lowest BCUT2D eigenvalue weighted by atomic mass is 9.87. The smallest absolute Gasteiger partial charge is 0.0616 e. The van der Waals surface area contributed by atoms with Gasteiger partial charge in [-0.05, 0) is 100 Å². The molecule has 0 radical (unpaired) electrons. The van der Waals surface area contributed by atoms with Gasteiger partial charge >= 0.3 is 0 Å². The van der Waals surface area contributed by atoms with Crippen LogP contribution in [-0.2, 0) is 12.8 Å². The molecular formula is C40H38N2. The summed E-state index contributed by atoms with van der Waals surface area (Å²) in [5, 5.41) is 6.48. The fourth-order valence-corrected chi connectivity index (χ4v) is 7.16. The maximum absolute atomic E-state index is 2.53. The Balaban J connectivity index is 1.70. The van der Waals surface area contributed by atoms with E-state index in [0.29, 0.717) is 0 Å². The highest BCUT2D eigenvalue weighted by atomic mass is 15.0. The van der Waals surface area contributed by atoms with Crippen LogP contribution >= 0.6 is 0 Å². The molecule has 6 aromatic rings. The quantitative estimate of drug-likeness (QED) is 0.190. The van der Waals surface area contributed by atoms with Crippen molar-refractivity contribution in [3.63, 3.8) is 0 Å². The molecule has 0 spiro atoms. The molecular weight excluding hydrogens is 508 g/mol. The van der Waals surface area contributed by atoms with Gasteiger partial charge < -0.3 is 9.13 Å². The minimum atomic E-state index is 1.15. The van der Waals surface area contributed by atoms with Gasteiger partial charge in [0.2, 0.25) is 0 Å². The summed E-state index contributed by atoms with van der Waals surface area (Å²) in [6.45, 7) is 8.57. The maximum atomic E-state index is 2.53. The molecule has 42 heavy (non-hydrogen) atoms. The first-order valence-electron chi connectivity index (χ1n) is 15.4. The highest BCUT2D eigenvalue weighted by molar-refractivity contribution is 6.15. The predicted octanol–water partition coefficient (Wildman–Crippen LogP) is 11.0. The summed E-state index contributed by atoms with van der Waals surface area (Å²) in [4.78, 5) is 0. The van der Waals surface area contributed by atoms with Crippen molar-refractivity contribution in [2.45, 2.75) is 53.4 Å². The monoisotopic (exact) mass is 546 g/mol. The van der Waals surface area contributed by atoms with E-state index >= 15 is 0 Å². The zero-order chi connectivity index (χ0) is 28.8. The number of allylic oxidation sites excluding steroid dienone is 3. The van der Waals surface area contributed by atoms with Crippen molar-refractivity contribution in [3.05, 3.63) is 125 Å². The van der Waals surface area contributed by atoms with Crippen LogP contribution in [0.4, 0.5) is 0 Å². The molecule has 0 unspecified atom stereocenters. The Morgan fingerprint density at radius 2 is 1.17 bits per heavy atom. The number of aromatic nitrogens is 2. The third-order valence-corrected chi connectivity index (χ3v) is 8.98. The molecule has 0 saturated heterocycles. The van der Waals surface area contributed by atoms with Crippen molar-refractivity contribution in [2.24, 2.45) is 0 Å². The van der Waals surface area contributed by atoms with Gasteiger partial charge in [0.15, 0.2) is 0 Å². The van der Waals surface area contributed by atoms with Gasteiger partial charge in [-0.1, -0.05) is 72.8 Å². The molecule has 1 aliphatic carbocycles. The summed E-state index contributed by atoms with van der Waals surface area (Å²) in [6, 6.07) is 25.2. The van der Waals surface area contributed by atoms with Crippen LogP contribution in [0.25, 0.3) is 62.1 Å². The number of rotatable bonds is 5. The summed E-state index contributed by atoms with van der Waals surface area (Å²) in [5.41, 5.74) is 11.8. The summed E-state index contributed by atoms with van der Waals surface area (Å²) in [7, 11) is 0. The van der Waals surface area contributed by atoms with Crippen LogP contribution in [0.5, 0.6) is 0 Å². The number of nitrogens with zero attached hydrogens (tertiary/aromatic N) is 2. The lowest BCUT2D eigenvalue weighted by Gasteiger charge is -2.24. The maximum Gasteiger partial charge on any atom is 0.0616 e. The van der Waals surface area contributed by atoms with E-state index in [0.717, 1.165) is 12.8 Å². The predicted molar refractivity (Wildman–Crippen MR) is 183 cm³/mol. The fourth-order valence-electron chi connectivity index (χ4n) is 7.16. The molecule has 2 heterocycles. The standard InChI is InChI=1S/C40H38N2/c1-5-14-28-23-32(16-7-3)42(27(28)4)40-35-21-11-10-20-34(35)39(36-24-29-17-8-9-18-30(29)25-37(36)40)41-26-31(15-6-2)33-19-12-13-22-38(33)41/h5-7,10-16,19-26H,8-9,17-18H2,1-4H3. The van der Waals surface area contributed by atoms with Crippen molar-refractivity contribution in [3.8, 4) is 11.4 Å². The Hall–Kier alpha value is -4.56. The molecule has 0 fully saturated rings. The molecule has 7 rings (SSSR count). The average Bonchev–Trinajstić information content (AvgIpc) is 3.52. The first-order valence-corrected chi connectivity index (χ1v) is 15.4. The number of benzene rings is 4. The Kier molecular flexibility index (Phi) is 6.70. The van der Waals surface area contributed by atoms with Crippen molar-refractivity contribution >= 4 is 50.7 Å².